The molecular formula is C70H49N3Si. The number of hydrogen-bond donors (Lipinski definition) is 0. The van der Waals surface area contributed by atoms with Gasteiger partial charge in [0.25, 0.3) is 0 Å². The predicted molar refractivity (Wildman–Crippen MR) is 316 cm³/mol. The summed E-state index contributed by atoms with van der Waals surface area (Å²) in [5.74, 6) is 0. The maximum Gasteiger partial charge on any atom is 0.184 e. The van der Waals surface area contributed by atoms with Gasteiger partial charge in [0, 0.05) is 50.6 Å². The number of para-hydroxylation sites is 4. The van der Waals surface area contributed by atoms with Gasteiger partial charge in [0.2, 0.25) is 0 Å². The van der Waals surface area contributed by atoms with Crippen molar-refractivity contribution in [2.75, 3.05) is 9.80 Å². The molecule has 4 heteroatoms. The average Bonchev–Trinajstić information content (AvgIpc) is 3.82. The van der Waals surface area contributed by atoms with E-state index >= 15 is 0 Å². The normalized spacial score (nSPS) is 12.7. The Morgan fingerprint density at radius 3 is 1.41 bits per heavy atom. The lowest BCUT2D eigenvalue weighted by Crippen LogP contribution is -2.77. The topological polar surface area (TPSA) is 11.4 Å². The van der Waals surface area contributed by atoms with Gasteiger partial charge in [-0.3, -0.25) is 0 Å². The fraction of sp³-hybridized carbons (Fsp3) is 0. The molecule has 0 saturated carbocycles. The first-order valence-corrected chi connectivity index (χ1v) is 27.5. The molecule has 0 spiro atoms. The Kier molecular flexibility index (Phi) is 10.5. The number of benzene rings is 12. The molecule has 0 atom stereocenters. The summed E-state index contributed by atoms with van der Waals surface area (Å²) in [6.45, 7) is 0. The zero-order valence-electron chi connectivity index (χ0n) is 40.6. The highest BCUT2D eigenvalue weighted by Crippen LogP contribution is 2.42. The first-order chi connectivity index (χ1) is 36.7. The standard InChI is InChI=1S/C70H49N3Si/c1-4-21-54(22-5-1)73-67-33-16-17-34-69(67)74(59-23-6-2-7-24-59,60-25-8-3-9-26-60)70-48-39-53(49-68(70)73)50-35-40-55(41-36-50)71(56-42-37-52(38-43-56)62-30-18-20-51-19-10-11-27-61(51)62)57-44-46-58(47-45-57)72-65-31-14-12-28-63(65)64-29-13-15-32-66(64)72/h1-49H. The zero-order valence-corrected chi connectivity index (χ0v) is 41.6. The van der Waals surface area contributed by atoms with Gasteiger partial charge in [0.05, 0.1) is 11.0 Å². The van der Waals surface area contributed by atoms with E-state index in [0.717, 1.165) is 34.0 Å². The number of fused-ring (bicyclic) bond motifs is 6. The zero-order chi connectivity index (χ0) is 49.0. The van der Waals surface area contributed by atoms with Gasteiger partial charge >= 0.3 is 0 Å². The summed E-state index contributed by atoms with van der Waals surface area (Å²) in [5, 5.41) is 10.5. The van der Waals surface area contributed by atoms with Crippen LogP contribution in [0.3, 0.4) is 0 Å². The summed E-state index contributed by atoms with van der Waals surface area (Å²) in [6, 6.07) is 110. The second-order valence-corrected chi connectivity index (χ2v) is 23.0. The van der Waals surface area contributed by atoms with Crippen molar-refractivity contribution in [1.29, 1.82) is 0 Å². The minimum atomic E-state index is -2.81. The second kappa shape index (κ2) is 18.0. The van der Waals surface area contributed by atoms with Crippen LogP contribution in [0.4, 0.5) is 34.1 Å². The van der Waals surface area contributed by atoms with Gasteiger partial charge in [-0.15, -0.1) is 0 Å². The second-order valence-electron chi connectivity index (χ2n) is 19.2. The van der Waals surface area contributed by atoms with Crippen LogP contribution in [0.2, 0.25) is 0 Å². The molecule has 0 amide bonds. The maximum atomic E-state index is 2.49. The molecule has 2 heterocycles. The summed E-state index contributed by atoms with van der Waals surface area (Å²) in [5.41, 5.74) is 15.1. The third-order valence-electron chi connectivity index (χ3n) is 15.3. The van der Waals surface area contributed by atoms with E-state index in [2.05, 4.69) is 312 Å². The lowest BCUT2D eigenvalue weighted by molar-refractivity contribution is 1.17. The largest absolute Gasteiger partial charge is 0.311 e. The van der Waals surface area contributed by atoms with Crippen LogP contribution >= 0.6 is 0 Å². The smallest absolute Gasteiger partial charge is 0.184 e. The number of anilines is 6. The third kappa shape index (κ3) is 7.02. The molecule has 14 rings (SSSR count). The molecule has 0 radical (unpaired) electrons. The van der Waals surface area contributed by atoms with Crippen LogP contribution in [0.25, 0.3) is 60.5 Å². The van der Waals surface area contributed by atoms with Gasteiger partial charge in [0.15, 0.2) is 8.07 Å². The Labute approximate surface area is 432 Å². The van der Waals surface area contributed by atoms with Crippen molar-refractivity contribution < 1.29 is 0 Å². The number of rotatable bonds is 9. The molecule has 348 valence electrons. The quantitative estimate of drug-likeness (QED) is 0.134. The molecular weight excluding hydrogens is 911 g/mol. The van der Waals surface area contributed by atoms with Crippen LogP contribution in [0.5, 0.6) is 0 Å². The molecule has 1 aromatic heterocycles. The van der Waals surface area contributed by atoms with Gasteiger partial charge in [0.1, 0.15) is 0 Å². The van der Waals surface area contributed by atoms with Gasteiger partial charge in [-0.05, 0) is 139 Å². The maximum absolute atomic E-state index is 2.81. The molecule has 0 fully saturated rings. The summed E-state index contributed by atoms with van der Waals surface area (Å²) in [4.78, 5) is 4.87. The Balaban J connectivity index is 0.901. The van der Waals surface area contributed by atoms with Crippen LogP contribution in [0, 0.1) is 0 Å². The van der Waals surface area contributed by atoms with Crippen LogP contribution < -0.4 is 30.5 Å². The van der Waals surface area contributed by atoms with Crippen LogP contribution in [0.1, 0.15) is 0 Å². The number of aromatic nitrogens is 1. The van der Waals surface area contributed by atoms with Gasteiger partial charge < -0.3 is 14.4 Å². The fourth-order valence-corrected chi connectivity index (χ4v) is 17.0. The molecule has 0 unspecified atom stereocenters. The Morgan fingerprint density at radius 2 is 0.770 bits per heavy atom. The van der Waals surface area contributed by atoms with Crippen molar-refractivity contribution in [3.05, 3.63) is 297 Å². The van der Waals surface area contributed by atoms with Crippen molar-refractivity contribution in [3.63, 3.8) is 0 Å². The Morgan fingerprint density at radius 1 is 0.297 bits per heavy atom. The van der Waals surface area contributed by atoms with Crippen molar-refractivity contribution in [3.8, 4) is 27.9 Å². The molecule has 0 bridgehead atoms. The van der Waals surface area contributed by atoms with E-state index in [1.165, 1.54) is 81.4 Å². The molecule has 0 N–H and O–H groups in total. The highest BCUT2D eigenvalue weighted by atomic mass is 28.3. The molecule has 12 aromatic carbocycles. The van der Waals surface area contributed by atoms with E-state index in [4.69, 9.17) is 0 Å². The van der Waals surface area contributed by atoms with Crippen LogP contribution in [-0.4, -0.2) is 12.6 Å². The summed E-state index contributed by atoms with van der Waals surface area (Å²) in [6.07, 6.45) is 0. The van der Waals surface area contributed by atoms with E-state index in [1.807, 2.05) is 0 Å². The molecule has 1 aliphatic heterocycles. The highest BCUT2D eigenvalue weighted by molar-refractivity contribution is 7.21. The molecule has 1 aliphatic rings. The van der Waals surface area contributed by atoms with Crippen LogP contribution in [0.15, 0.2) is 297 Å². The first-order valence-electron chi connectivity index (χ1n) is 25.5. The summed E-state index contributed by atoms with van der Waals surface area (Å²) >= 11 is 0. The van der Waals surface area contributed by atoms with Crippen molar-refractivity contribution >= 4 is 95.5 Å². The predicted octanol–water partition coefficient (Wildman–Crippen LogP) is 15.9. The monoisotopic (exact) mass is 959 g/mol. The van der Waals surface area contributed by atoms with E-state index in [9.17, 15) is 0 Å². The first kappa shape index (κ1) is 43.3. The van der Waals surface area contributed by atoms with Gasteiger partial charge in [-0.1, -0.05) is 212 Å². The summed E-state index contributed by atoms with van der Waals surface area (Å²) in [7, 11) is -2.81. The van der Waals surface area contributed by atoms with Crippen molar-refractivity contribution in [1.82, 2.24) is 4.57 Å². The molecule has 0 aliphatic carbocycles. The van der Waals surface area contributed by atoms with Crippen LogP contribution in [-0.2, 0) is 0 Å². The van der Waals surface area contributed by atoms with E-state index in [1.54, 1.807) is 0 Å². The Hall–Kier alpha value is -9.48. The van der Waals surface area contributed by atoms with Crippen molar-refractivity contribution in [2.24, 2.45) is 0 Å². The third-order valence-corrected chi connectivity index (χ3v) is 20.1. The minimum absolute atomic E-state index is 1.08. The average molecular weight is 960 g/mol. The lowest BCUT2D eigenvalue weighted by Gasteiger charge is -2.45. The molecule has 3 nitrogen and oxygen atoms in total. The van der Waals surface area contributed by atoms with E-state index in [0.29, 0.717) is 0 Å². The Bertz CT molecular complexity index is 4070. The highest BCUT2D eigenvalue weighted by Gasteiger charge is 2.48. The fourth-order valence-electron chi connectivity index (χ4n) is 12.0. The van der Waals surface area contributed by atoms with E-state index in [-0.39, 0.29) is 0 Å². The molecule has 74 heavy (non-hydrogen) atoms. The molecule has 13 aromatic rings. The number of nitrogens with zero attached hydrogens (tertiary/aromatic N) is 3. The SMILES string of the molecule is c1ccc(N2c3ccccc3[Si](c3ccccc3)(c3ccccc3)c3ccc(-c4ccc(N(c5ccc(-c6cccc7ccccc67)cc5)c5ccc(-n6c7ccccc7c7ccccc76)cc5)cc4)cc32)cc1. The minimum Gasteiger partial charge on any atom is -0.311 e. The van der Waals surface area contributed by atoms with Crippen molar-refractivity contribution in [2.45, 2.75) is 0 Å². The number of hydrogen-bond acceptors (Lipinski definition) is 2. The molecule has 0 saturated heterocycles. The van der Waals surface area contributed by atoms with E-state index < -0.39 is 8.07 Å². The lowest BCUT2D eigenvalue weighted by atomic mass is 9.98. The summed E-state index contributed by atoms with van der Waals surface area (Å²) < 4.78 is 2.38. The van der Waals surface area contributed by atoms with Gasteiger partial charge in [-0.2, -0.15) is 0 Å². The van der Waals surface area contributed by atoms with Gasteiger partial charge in [-0.25, -0.2) is 0 Å².